The Hall–Kier alpha value is -2.22. The van der Waals surface area contributed by atoms with Crippen molar-refractivity contribution in [2.45, 2.75) is 50.1 Å². The summed E-state index contributed by atoms with van der Waals surface area (Å²) < 4.78 is 0. The average molecular weight is 310 g/mol. The number of terminal acetylenes is 1. The molecule has 1 atom stereocenters. The van der Waals surface area contributed by atoms with Crippen molar-refractivity contribution >= 4 is 5.91 Å². The quantitative estimate of drug-likeness (QED) is 0.758. The Morgan fingerprint density at radius 2 is 2.30 bits per heavy atom. The zero-order valence-corrected chi connectivity index (χ0v) is 13.3. The lowest BCUT2D eigenvalue weighted by molar-refractivity contribution is -0.132. The third-order valence-corrected chi connectivity index (χ3v) is 4.72. The molecule has 5 nitrogen and oxygen atoms in total. The summed E-state index contributed by atoms with van der Waals surface area (Å²) in [4.78, 5) is 18.7. The summed E-state index contributed by atoms with van der Waals surface area (Å²) in [5.41, 5.74) is 0.864. The summed E-state index contributed by atoms with van der Waals surface area (Å²) in [6.07, 6.45) is 13.8. The summed E-state index contributed by atoms with van der Waals surface area (Å²) in [7, 11) is 0. The van der Waals surface area contributed by atoms with E-state index in [1.165, 1.54) is 5.56 Å². The third-order valence-electron chi connectivity index (χ3n) is 4.72. The molecule has 0 radical (unpaired) electrons. The molecule has 0 aromatic carbocycles. The molecule has 0 N–H and O–H groups in total. The van der Waals surface area contributed by atoms with Gasteiger partial charge in [-0.1, -0.05) is 6.07 Å². The molecule has 1 aromatic rings. The van der Waals surface area contributed by atoms with E-state index in [0.29, 0.717) is 25.2 Å². The van der Waals surface area contributed by atoms with Crippen LogP contribution in [-0.2, 0) is 4.79 Å². The van der Waals surface area contributed by atoms with E-state index in [-0.39, 0.29) is 11.6 Å². The molecule has 1 amide bonds. The van der Waals surface area contributed by atoms with Crippen molar-refractivity contribution in [3.05, 3.63) is 30.1 Å². The highest BCUT2D eigenvalue weighted by Crippen LogP contribution is 2.38. The molecule has 23 heavy (non-hydrogen) atoms. The number of hydrogen-bond donors (Lipinski definition) is 0. The van der Waals surface area contributed by atoms with Crippen LogP contribution < -0.4 is 0 Å². The van der Waals surface area contributed by atoms with Crippen molar-refractivity contribution in [2.24, 2.45) is 10.2 Å². The average Bonchev–Trinajstić information content (AvgIpc) is 3.39. The smallest absolute Gasteiger partial charge is 0.222 e. The fourth-order valence-electron chi connectivity index (χ4n) is 3.23. The Morgan fingerprint density at radius 1 is 1.43 bits per heavy atom. The van der Waals surface area contributed by atoms with Crippen LogP contribution in [0, 0.1) is 12.3 Å². The fraction of sp³-hybridized carbons (Fsp3) is 0.556. The lowest BCUT2D eigenvalue weighted by Gasteiger charge is -2.33. The van der Waals surface area contributed by atoms with Gasteiger partial charge in [-0.15, -0.1) is 12.3 Å². The molecule has 0 aliphatic carbocycles. The number of piperidine rings is 1. The monoisotopic (exact) mass is 310 g/mol. The highest BCUT2D eigenvalue weighted by atomic mass is 16.2. The number of pyridine rings is 1. The van der Waals surface area contributed by atoms with Gasteiger partial charge < -0.3 is 4.90 Å². The van der Waals surface area contributed by atoms with Crippen LogP contribution in [0.2, 0.25) is 0 Å². The van der Waals surface area contributed by atoms with E-state index < -0.39 is 0 Å². The molecule has 3 heterocycles. The molecule has 2 aliphatic heterocycles. The molecule has 1 fully saturated rings. The molecule has 1 aromatic heterocycles. The Bertz CT molecular complexity index is 614. The molecule has 0 spiro atoms. The van der Waals surface area contributed by atoms with Crippen molar-refractivity contribution in [3.8, 4) is 12.3 Å². The molecule has 3 rings (SSSR count). The SMILES string of the molecule is C#CCCC1(CCC(=O)N2CCCC(c3cccnc3)C2)N=N1. The predicted octanol–water partition coefficient (Wildman–Crippen LogP) is 3.14. The van der Waals surface area contributed by atoms with Crippen LogP contribution in [-0.4, -0.2) is 34.5 Å². The van der Waals surface area contributed by atoms with Crippen molar-refractivity contribution < 1.29 is 4.79 Å². The van der Waals surface area contributed by atoms with Gasteiger partial charge in [0.05, 0.1) is 0 Å². The number of carbonyl (C=O) groups is 1. The minimum atomic E-state index is -0.361. The number of nitrogens with zero attached hydrogens (tertiary/aromatic N) is 4. The first kappa shape index (κ1) is 15.7. The fourth-order valence-corrected chi connectivity index (χ4v) is 3.23. The van der Waals surface area contributed by atoms with Crippen LogP contribution in [0.15, 0.2) is 34.8 Å². The first-order valence-corrected chi connectivity index (χ1v) is 8.28. The van der Waals surface area contributed by atoms with Crippen LogP contribution in [0.3, 0.4) is 0 Å². The van der Waals surface area contributed by atoms with E-state index in [2.05, 4.69) is 27.2 Å². The molecule has 120 valence electrons. The van der Waals surface area contributed by atoms with Gasteiger partial charge in [-0.2, -0.15) is 10.2 Å². The minimum Gasteiger partial charge on any atom is -0.342 e. The van der Waals surface area contributed by atoms with Crippen LogP contribution in [0.5, 0.6) is 0 Å². The molecule has 0 saturated carbocycles. The number of aromatic nitrogens is 1. The number of likely N-dealkylation sites (tertiary alicyclic amines) is 1. The Labute approximate surface area is 137 Å². The van der Waals surface area contributed by atoms with E-state index in [4.69, 9.17) is 6.42 Å². The maximum Gasteiger partial charge on any atom is 0.222 e. The van der Waals surface area contributed by atoms with Gasteiger partial charge in [-0.05, 0) is 24.5 Å². The van der Waals surface area contributed by atoms with Gasteiger partial charge in [0.15, 0.2) is 5.66 Å². The molecule has 2 aliphatic rings. The van der Waals surface area contributed by atoms with Crippen molar-refractivity contribution in [3.63, 3.8) is 0 Å². The standard InChI is InChI=1S/C18H22N4O/c1-2-3-9-18(20-21-18)10-8-17(23)22-12-5-7-16(14-22)15-6-4-11-19-13-15/h1,4,6,11,13,16H,3,5,7-10,12,14H2. The van der Waals surface area contributed by atoms with E-state index >= 15 is 0 Å². The first-order chi connectivity index (χ1) is 11.2. The van der Waals surface area contributed by atoms with Gasteiger partial charge >= 0.3 is 0 Å². The lowest BCUT2D eigenvalue weighted by atomic mass is 9.91. The molecular formula is C18H22N4O. The predicted molar refractivity (Wildman–Crippen MR) is 87.7 cm³/mol. The van der Waals surface area contributed by atoms with Gasteiger partial charge in [-0.3, -0.25) is 9.78 Å². The van der Waals surface area contributed by atoms with Gasteiger partial charge in [0.2, 0.25) is 5.91 Å². The van der Waals surface area contributed by atoms with E-state index in [9.17, 15) is 4.79 Å². The maximum atomic E-state index is 12.5. The molecule has 1 unspecified atom stereocenters. The van der Waals surface area contributed by atoms with Crippen LogP contribution in [0.1, 0.15) is 50.0 Å². The van der Waals surface area contributed by atoms with Crippen LogP contribution >= 0.6 is 0 Å². The Kier molecular flexibility index (Phi) is 4.71. The number of rotatable bonds is 6. The van der Waals surface area contributed by atoms with Gasteiger partial charge in [0, 0.05) is 57.1 Å². The zero-order chi connectivity index (χ0) is 16.1. The van der Waals surface area contributed by atoms with Gasteiger partial charge in [0.1, 0.15) is 0 Å². The number of carbonyl (C=O) groups excluding carboxylic acids is 1. The largest absolute Gasteiger partial charge is 0.342 e. The molecular weight excluding hydrogens is 288 g/mol. The second-order valence-electron chi connectivity index (χ2n) is 6.35. The van der Waals surface area contributed by atoms with Crippen molar-refractivity contribution in [2.75, 3.05) is 13.1 Å². The highest BCUT2D eigenvalue weighted by molar-refractivity contribution is 5.76. The highest BCUT2D eigenvalue weighted by Gasteiger charge is 2.39. The number of hydrogen-bond acceptors (Lipinski definition) is 4. The summed E-state index contributed by atoms with van der Waals surface area (Å²) in [6, 6.07) is 4.06. The zero-order valence-electron chi connectivity index (χ0n) is 13.3. The van der Waals surface area contributed by atoms with Crippen LogP contribution in [0.25, 0.3) is 0 Å². The lowest BCUT2D eigenvalue weighted by Crippen LogP contribution is -2.39. The van der Waals surface area contributed by atoms with Crippen LogP contribution in [0.4, 0.5) is 0 Å². The van der Waals surface area contributed by atoms with Crippen molar-refractivity contribution in [1.82, 2.24) is 9.88 Å². The third kappa shape index (κ3) is 3.95. The van der Waals surface area contributed by atoms with E-state index in [0.717, 1.165) is 32.4 Å². The van der Waals surface area contributed by atoms with E-state index in [1.807, 2.05) is 17.2 Å². The minimum absolute atomic E-state index is 0.205. The summed E-state index contributed by atoms with van der Waals surface area (Å²) in [5.74, 6) is 3.22. The van der Waals surface area contributed by atoms with Gasteiger partial charge in [-0.25, -0.2) is 0 Å². The first-order valence-electron chi connectivity index (χ1n) is 8.28. The molecule has 1 saturated heterocycles. The number of amides is 1. The topological polar surface area (TPSA) is 57.9 Å². The van der Waals surface area contributed by atoms with Crippen molar-refractivity contribution in [1.29, 1.82) is 0 Å². The van der Waals surface area contributed by atoms with E-state index in [1.54, 1.807) is 6.20 Å². The summed E-state index contributed by atoms with van der Waals surface area (Å²) >= 11 is 0. The maximum absolute atomic E-state index is 12.5. The molecule has 5 heteroatoms. The van der Waals surface area contributed by atoms with Gasteiger partial charge in [0.25, 0.3) is 0 Å². The second kappa shape index (κ2) is 6.91. The Balaban J connectivity index is 1.51. The molecule has 0 bridgehead atoms. The summed E-state index contributed by atoms with van der Waals surface area (Å²) in [5, 5.41) is 8.20. The summed E-state index contributed by atoms with van der Waals surface area (Å²) in [6.45, 7) is 1.64. The Morgan fingerprint density at radius 3 is 3.00 bits per heavy atom. The normalized spacial score (nSPS) is 21.7. The second-order valence-corrected chi connectivity index (χ2v) is 6.35.